The fourth-order valence-corrected chi connectivity index (χ4v) is 2.45. The molecule has 3 aromatic rings. The first-order valence-corrected chi connectivity index (χ1v) is 6.65. The smallest absolute Gasteiger partial charge is 0.276 e. The highest BCUT2D eigenvalue weighted by atomic mass is 32.2. The summed E-state index contributed by atoms with van der Waals surface area (Å²) in [6.07, 6.45) is 1.49. The summed E-state index contributed by atoms with van der Waals surface area (Å²) in [6.45, 7) is 1.72. The molecular formula is C13H10N2O3S. The van der Waals surface area contributed by atoms with Gasteiger partial charge in [-0.05, 0) is 12.1 Å². The van der Waals surface area contributed by atoms with Crippen LogP contribution < -0.4 is 5.43 Å². The molecule has 0 saturated carbocycles. The van der Waals surface area contributed by atoms with Crippen LogP contribution in [0, 0.1) is 6.92 Å². The van der Waals surface area contributed by atoms with Gasteiger partial charge in [0.05, 0.1) is 11.6 Å². The topological polar surface area (TPSA) is 69.1 Å². The first-order valence-electron chi connectivity index (χ1n) is 5.66. The van der Waals surface area contributed by atoms with E-state index in [1.165, 1.54) is 18.0 Å². The first kappa shape index (κ1) is 12.0. The molecule has 0 aliphatic heterocycles. The number of rotatable bonds is 3. The summed E-state index contributed by atoms with van der Waals surface area (Å²) in [5.74, 6) is 0.947. The monoisotopic (exact) mass is 274 g/mol. The Labute approximate surface area is 112 Å². The van der Waals surface area contributed by atoms with E-state index < -0.39 is 0 Å². The summed E-state index contributed by atoms with van der Waals surface area (Å²) in [6, 6.07) is 7.18. The summed E-state index contributed by atoms with van der Waals surface area (Å²) in [7, 11) is 0. The molecule has 19 heavy (non-hydrogen) atoms. The van der Waals surface area contributed by atoms with Crippen molar-refractivity contribution < 1.29 is 8.83 Å². The molecule has 2 aromatic heterocycles. The van der Waals surface area contributed by atoms with Gasteiger partial charge in [-0.15, -0.1) is 10.2 Å². The fraction of sp³-hybridized carbons (Fsp3) is 0.154. The lowest BCUT2D eigenvalue weighted by atomic mass is 10.2. The van der Waals surface area contributed by atoms with Gasteiger partial charge in [0.1, 0.15) is 5.58 Å². The van der Waals surface area contributed by atoms with E-state index in [2.05, 4.69) is 10.2 Å². The number of aryl methyl sites for hydroxylation is 1. The Balaban J connectivity index is 1.89. The SMILES string of the molecule is Cc1nnc(SCc2coc3ccccc3c2=O)o1. The molecule has 0 unspecified atom stereocenters. The van der Waals surface area contributed by atoms with Crippen LogP contribution in [0.2, 0.25) is 0 Å². The molecule has 0 spiro atoms. The van der Waals surface area contributed by atoms with Gasteiger partial charge in [0, 0.05) is 18.2 Å². The molecule has 0 saturated heterocycles. The Kier molecular flexibility index (Phi) is 3.08. The number of aromatic nitrogens is 2. The first-order chi connectivity index (χ1) is 9.24. The van der Waals surface area contributed by atoms with E-state index >= 15 is 0 Å². The Morgan fingerprint density at radius 2 is 2.11 bits per heavy atom. The van der Waals surface area contributed by atoms with E-state index in [-0.39, 0.29) is 5.43 Å². The predicted molar refractivity (Wildman–Crippen MR) is 71.1 cm³/mol. The van der Waals surface area contributed by atoms with Gasteiger partial charge in [0.25, 0.3) is 5.22 Å². The molecule has 3 rings (SSSR count). The molecule has 0 N–H and O–H groups in total. The summed E-state index contributed by atoms with van der Waals surface area (Å²) in [5.41, 5.74) is 1.15. The number of nitrogens with zero attached hydrogens (tertiary/aromatic N) is 2. The third kappa shape index (κ3) is 2.39. The molecule has 0 fully saturated rings. The molecule has 6 heteroatoms. The van der Waals surface area contributed by atoms with Crippen LogP contribution in [0.5, 0.6) is 0 Å². The minimum Gasteiger partial charge on any atom is -0.464 e. The average molecular weight is 274 g/mol. The van der Waals surface area contributed by atoms with Crippen molar-refractivity contribution in [3.63, 3.8) is 0 Å². The second-order valence-electron chi connectivity index (χ2n) is 3.96. The van der Waals surface area contributed by atoms with Gasteiger partial charge in [-0.3, -0.25) is 4.79 Å². The minimum absolute atomic E-state index is 0.0226. The van der Waals surface area contributed by atoms with Crippen molar-refractivity contribution in [2.45, 2.75) is 17.9 Å². The van der Waals surface area contributed by atoms with Crippen LogP contribution in [-0.4, -0.2) is 10.2 Å². The van der Waals surface area contributed by atoms with E-state index in [1.807, 2.05) is 12.1 Å². The van der Waals surface area contributed by atoms with E-state index in [0.717, 1.165) is 0 Å². The van der Waals surface area contributed by atoms with Crippen molar-refractivity contribution in [3.05, 3.63) is 52.2 Å². The van der Waals surface area contributed by atoms with E-state index in [4.69, 9.17) is 8.83 Å². The highest BCUT2D eigenvalue weighted by Crippen LogP contribution is 2.21. The molecule has 2 heterocycles. The number of hydrogen-bond acceptors (Lipinski definition) is 6. The largest absolute Gasteiger partial charge is 0.464 e. The molecule has 96 valence electrons. The summed E-state index contributed by atoms with van der Waals surface area (Å²) in [4.78, 5) is 12.2. The van der Waals surface area contributed by atoms with Gasteiger partial charge < -0.3 is 8.83 Å². The Morgan fingerprint density at radius 1 is 1.26 bits per heavy atom. The van der Waals surface area contributed by atoms with Crippen molar-refractivity contribution in [1.29, 1.82) is 0 Å². The van der Waals surface area contributed by atoms with Crippen LogP contribution in [-0.2, 0) is 5.75 Å². The van der Waals surface area contributed by atoms with Gasteiger partial charge in [0.15, 0.2) is 5.43 Å². The molecule has 1 aromatic carbocycles. The van der Waals surface area contributed by atoms with Crippen molar-refractivity contribution in [2.24, 2.45) is 0 Å². The lowest BCUT2D eigenvalue weighted by Crippen LogP contribution is -2.07. The number of thioether (sulfide) groups is 1. The van der Waals surface area contributed by atoms with Crippen molar-refractivity contribution in [3.8, 4) is 0 Å². The van der Waals surface area contributed by atoms with Crippen LogP contribution in [0.4, 0.5) is 0 Å². The third-order valence-corrected chi connectivity index (χ3v) is 3.48. The van der Waals surface area contributed by atoms with Gasteiger partial charge in [0.2, 0.25) is 5.89 Å². The van der Waals surface area contributed by atoms with Crippen LogP contribution >= 0.6 is 11.8 Å². The average Bonchev–Trinajstić information content (AvgIpc) is 2.84. The summed E-state index contributed by atoms with van der Waals surface area (Å²) in [5, 5.41) is 8.63. The van der Waals surface area contributed by atoms with Crippen LogP contribution in [0.15, 0.2) is 49.4 Å². The second kappa shape index (κ2) is 4.89. The molecule has 0 radical (unpaired) electrons. The van der Waals surface area contributed by atoms with Gasteiger partial charge in [-0.2, -0.15) is 0 Å². The van der Waals surface area contributed by atoms with Crippen LogP contribution in [0.1, 0.15) is 11.5 Å². The second-order valence-corrected chi connectivity index (χ2v) is 4.89. The van der Waals surface area contributed by atoms with Gasteiger partial charge >= 0.3 is 0 Å². The maximum atomic E-state index is 12.2. The highest BCUT2D eigenvalue weighted by molar-refractivity contribution is 7.98. The lowest BCUT2D eigenvalue weighted by molar-refractivity contribution is 0.429. The fourth-order valence-electron chi connectivity index (χ4n) is 1.69. The minimum atomic E-state index is -0.0226. The van der Waals surface area contributed by atoms with Crippen LogP contribution in [0.3, 0.4) is 0 Å². The van der Waals surface area contributed by atoms with E-state index in [0.29, 0.717) is 33.4 Å². The maximum absolute atomic E-state index is 12.2. The van der Waals surface area contributed by atoms with Crippen molar-refractivity contribution in [1.82, 2.24) is 10.2 Å². The summed E-state index contributed by atoms with van der Waals surface area (Å²) >= 11 is 1.32. The number of fused-ring (bicyclic) bond motifs is 1. The quantitative estimate of drug-likeness (QED) is 0.684. The predicted octanol–water partition coefficient (Wildman–Crippen LogP) is 2.78. The molecule has 0 aliphatic rings. The van der Waals surface area contributed by atoms with Crippen molar-refractivity contribution in [2.75, 3.05) is 0 Å². The maximum Gasteiger partial charge on any atom is 0.276 e. The number of benzene rings is 1. The lowest BCUT2D eigenvalue weighted by Gasteiger charge is -2.00. The number of para-hydroxylation sites is 1. The van der Waals surface area contributed by atoms with Gasteiger partial charge in [-0.25, -0.2) is 0 Å². The number of hydrogen-bond donors (Lipinski definition) is 0. The Morgan fingerprint density at radius 3 is 2.89 bits per heavy atom. The van der Waals surface area contributed by atoms with E-state index in [1.54, 1.807) is 19.1 Å². The molecule has 0 bridgehead atoms. The van der Waals surface area contributed by atoms with Crippen LogP contribution in [0.25, 0.3) is 11.0 Å². The zero-order valence-corrected chi connectivity index (χ0v) is 10.9. The zero-order chi connectivity index (χ0) is 13.2. The molecule has 0 aliphatic carbocycles. The summed E-state index contributed by atoms with van der Waals surface area (Å²) < 4.78 is 10.7. The normalized spacial score (nSPS) is 11.0. The zero-order valence-electron chi connectivity index (χ0n) is 10.1. The standard InChI is InChI=1S/C13H10N2O3S/c1-8-14-15-13(18-8)19-7-9-6-17-11-5-3-2-4-10(11)12(9)16/h2-6H,7H2,1H3. The van der Waals surface area contributed by atoms with Gasteiger partial charge in [-0.1, -0.05) is 23.9 Å². The molecule has 5 nitrogen and oxygen atoms in total. The van der Waals surface area contributed by atoms with Crippen molar-refractivity contribution >= 4 is 22.7 Å². The Hall–Kier alpha value is -2.08. The molecule has 0 atom stereocenters. The molecular weight excluding hydrogens is 264 g/mol. The Bertz CT molecular complexity index is 779. The molecule has 0 amide bonds. The third-order valence-electron chi connectivity index (χ3n) is 2.61. The highest BCUT2D eigenvalue weighted by Gasteiger charge is 2.09. The van der Waals surface area contributed by atoms with E-state index in [9.17, 15) is 4.79 Å².